The Balaban J connectivity index is 1.65. The zero-order chi connectivity index (χ0) is 19.9. The number of ether oxygens (including phenoxy) is 2. The number of halogens is 1. The van der Waals surface area contributed by atoms with E-state index in [2.05, 4.69) is 15.6 Å². The molecule has 7 heteroatoms. The number of carbonyl (C=O) groups excluding carboxylic acids is 1. The highest BCUT2D eigenvalue weighted by molar-refractivity contribution is 5.94. The minimum Gasteiger partial charge on any atom is -0.497 e. The van der Waals surface area contributed by atoms with Gasteiger partial charge in [-0.3, -0.25) is 4.79 Å². The summed E-state index contributed by atoms with van der Waals surface area (Å²) in [6, 6.07) is 15.0. The highest BCUT2D eigenvalue weighted by atomic mass is 19.1. The van der Waals surface area contributed by atoms with E-state index in [4.69, 9.17) is 9.47 Å². The lowest BCUT2D eigenvalue weighted by molar-refractivity contribution is 0.0950. The van der Waals surface area contributed by atoms with Gasteiger partial charge in [-0.15, -0.1) is 0 Å². The number of anilines is 2. The van der Waals surface area contributed by atoms with Crippen LogP contribution in [0.4, 0.5) is 15.9 Å². The molecule has 0 atom stereocenters. The van der Waals surface area contributed by atoms with Gasteiger partial charge in [0.1, 0.15) is 23.1 Å². The zero-order valence-corrected chi connectivity index (χ0v) is 15.5. The maximum Gasteiger partial charge on any atom is 0.253 e. The number of hydrogen-bond acceptors (Lipinski definition) is 5. The Morgan fingerprint density at radius 3 is 2.57 bits per heavy atom. The van der Waals surface area contributed by atoms with Crippen LogP contribution in [0.25, 0.3) is 0 Å². The fourth-order valence-corrected chi connectivity index (χ4v) is 2.56. The molecule has 0 radical (unpaired) electrons. The quantitative estimate of drug-likeness (QED) is 0.649. The second kappa shape index (κ2) is 8.85. The minimum atomic E-state index is -0.353. The third kappa shape index (κ3) is 4.56. The predicted octanol–water partition coefficient (Wildman–Crippen LogP) is 3.91. The molecule has 3 rings (SSSR count). The van der Waals surface area contributed by atoms with Crippen molar-refractivity contribution in [1.82, 2.24) is 10.3 Å². The molecule has 0 aliphatic heterocycles. The molecule has 0 spiro atoms. The van der Waals surface area contributed by atoms with Crippen molar-refractivity contribution in [2.24, 2.45) is 0 Å². The van der Waals surface area contributed by atoms with Crippen molar-refractivity contribution in [1.29, 1.82) is 0 Å². The van der Waals surface area contributed by atoms with E-state index in [9.17, 15) is 9.18 Å². The smallest absolute Gasteiger partial charge is 0.253 e. The Kier molecular flexibility index (Phi) is 6.06. The normalized spacial score (nSPS) is 10.2. The Bertz CT molecular complexity index is 961. The number of nitrogens with zero attached hydrogens (tertiary/aromatic N) is 1. The van der Waals surface area contributed by atoms with Gasteiger partial charge in [-0.25, -0.2) is 9.37 Å². The molecule has 144 valence electrons. The summed E-state index contributed by atoms with van der Waals surface area (Å²) < 4.78 is 24.1. The first-order chi connectivity index (χ1) is 13.6. The number of amides is 1. The number of methoxy groups -OCH3 is 2. The third-order valence-corrected chi connectivity index (χ3v) is 4.09. The predicted molar refractivity (Wildman–Crippen MR) is 105 cm³/mol. The Labute approximate surface area is 162 Å². The molecule has 0 saturated carbocycles. The second-order valence-electron chi connectivity index (χ2n) is 5.90. The minimum absolute atomic E-state index is 0.106. The van der Waals surface area contributed by atoms with Gasteiger partial charge in [0, 0.05) is 24.4 Å². The van der Waals surface area contributed by atoms with Crippen LogP contribution in [0.3, 0.4) is 0 Å². The van der Waals surface area contributed by atoms with Gasteiger partial charge in [0.25, 0.3) is 5.91 Å². The average Bonchev–Trinajstić information content (AvgIpc) is 2.73. The van der Waals surface area contributed by atoms with Crippen LogP contribution < -0.4 is 20.1 Å². The summed E-state index contributed by atoms with van der Waals surface area (Å²) in [6.45, 7) is 0.106. The number of carbonyl (C=O) groups is 1. The fourth-order valence-electron chi connectivity index (χ4n) is 2.56. The molecule has 1 amide bonds. The monoisotopic (exact) mass is 381 g/mol. The van der Waals surface area contributed by atoms with E-state index < -0.39 is 0 Å². The molecule has 28 heavy (non-hydrogen) atoms. The van der Waals surface area contributed by atoms with E-state index in [1.807, 2.05) is 6.07 Å². The van der Waals surface area contributed by atoms with Crippen LogP contribution >= 0.6 is 0 Å². The SMILES string of the molecule is COc1ccc(Nc2ccc(C(=O)NCc3ccccc3F)cn2)c(OC)c1. The first-order valence-electron chi connectivity index (χ1n) is 8.57. The summed E-state index contributed by atoms with van der Waals surface area (Å²) in [6.07, 6.45) is 1.45. The van der Waals surface area contributed by atoms with Gasteiger partial charge < -0.3 is 20.1 Å². The molecule has 0 fully saturated rings. The van der Waals surface area contributed by atoms with Crippen molar-refractivity contribution >= 4 is 17.4 Å². The summed E-state index contributed by atoms with van der Waals surface area (Å²) in [5.74, 6) is 1.15. The zero-order valence-electron chi connectivity index (χ0n) is 15.5. The topological polar surface area (TPSA) is 72.5 Å². The lowest BCUT2D eigenvalue weighted by Gasteiger charge is -2.12. The molecule has 1 aromatic heterocycles. The van der Waals surface area contributed by atoms with Crippen molar-refractivity contribution in [3.63, 3.8) is 0 Å². The van der Waals surface area contributed by atoms with E-state index in [0.29, 0.717) is 34.1 Å². The second-order valence-corrected chi connectivity index (χ2v) is 5.90. The van der Waals surface area contributed by atoms with Gasteiger partial charge in [0.05, 0.1) is 25.5 Å². The molecule has 0 aliphatic carbocycles. The molecule has 2 aromatic carbocycles. The van der Waals surface area contributed by atoms with Crippen molar-refractivity contribution < 1.29 is 18.7 Å². The lowest BCUT2D eigenvalue weighted by atomic mass is 10.2. The van der Waals surface area contributed by atoms with Crippen molar-refractivity contribution in [3.05, 3.63) is 77.7 Å². The molecule has 0 unspecified atom stereocenters. The van der Waals surface area contributed by atoms with Crippen LogP contribution in [0.5, 0.6) is 11.5 Å². The molecule has 0 aliphatic rings. The van der Waals surface area contributed by atoms with Gasteiger partial charge in [0.15, 0.2) is 0 Å². The molecular weight excluding hydrogens is 361 g/mol. The summed E-state index contributed by atoms with van der Waals surface area (Å²) in [7, 11) is 3.15. The molecular formula is C21H20FN3O3. The van der Waals surface area contributed by atoms with E-state index >= 15 is 0 Å². The van der Waals surface area contributed by atoms with Crippen molar-refractivity contribution in [3.8, 4) is 11.5 Å². The Morgan fingerprint density at radius 1 is 1.07 bits per heavy atom. The maximum atomic E-state index is 13.6. The van der Waals surface area contributed by atoms with Crippen molar-refractivity contribution in [2.45, 2.75) is 6.54 Å². The number of pyridine rings is 1. The largest absolute Gasteiger partial charge is 0.497 e. The standard InChI is InChI=1S/C21H20FN3O3/c1-27-16-8-9-18(19(11-16)28-2)25-20-10-7-15(13-23-20)21(26)24-12-14-5-3-4-6-17(14)22/h3-11,13H,12H2,1-2H3,(H,23,25)(H,24,26). The van der Waals surface area contributed by atoms with Crippen molar-refractivity contribution in [2.75, 3.05) is 19.5 Å². The highest BCUT2D eigenvalue weighted by Gasteiger charge is 2.09. The van der Waals surface area contributed by atoms with Gasteiger partial charge in [-0.1, -0.05) is 18.2 Å². The first-order valence-corrected chi connectivity index (χ1v) is 8.57. The van der Waals surface area contributed by atoms with E-state index in [1.165, 1.54) is 12.3 Å². The van der Waals surface area contributed by atoms with E-state index in [-0.39, 0.29) is 18.3 Å². The third-order valence-electron chi connectivity index (χ3n) is 4.09. The van der Waals surface area contributed by atoms with Crippen LogP contribution in [0.15, 0.2) is 60.8 Å². The maximum absolute atomic E-state index is 13.6. The Morgan fingerprint density at radius 2 is 1.89 bits per heavy atom. The molecule has 0 saturated heterocycles. The van der Waals surface area contributed by atoms with Gasteiger partial charge in [-0.2, -0.15) is 0 Å². The highest BCUT2D eigenvalue weighted by Crippen LogP contribution is 2.30. The molecule has 6 nitrogen and oxygen atoms in total. The molecule has 0 bridgehead atoms. The number of benzene rings is 2. The Hall–Kier alpha value is -3.61. The van der Waals surface area contributed by atoms with Gasteiger partial charge in [0.2, 0.25) is 0 Å². The molecule has 1 heterocycles. The van der Waals surface area contributed by atoms with E-state index in [0.717, 1.165) is 0 Å². The summed E-state index contributed by atoms with van der Waals surface area (Å²) in [4.78, 5) is 16.5. The first kappa shape index (κ1) is 19.2. The lowest BCUT2D eigenvalue weighted by Crippen LogP contribution is -2.23. The molecule has 2 N–H and O–H groups in total. The summed E-state index contributed by atoms with van der Waals surface area (Å²) in [5, 5.41) is 5.82. The van der Waals surface area contributed by atoms with Crippen LogP contribution in [-0.4, -0.2) is 25.1 Å². The summed E-state index contributed by atoms with van der Waals surface area (Å²) >= 11 is 0. The number of nitrogens with one attached hydrogen (secondary N) is 2. The molecule has 3 aromatic rings. The fraction of sp³-hybridized carbons (Fsp3) is 0.143. The van der Waals surface area contributed by atoms with Gasteiger partial charge >= 0.3 is 0 Å². The van der Waals surface area contributed by atoms with Crippen LogP contribution in [0, 0.1) is 5.82 Å². The van der Waals surface area contributed by atoms with Crippen LogP contribution in [0.2, 0.25) is 0 Å². The van der Waals surface area contributed by atoms with Crippen LogP contribution in [0.1, 0.15) is 15.9 Å². The number of hydrogen-bond donors (Lipinski definition) is 2. The number of aromatic nitrogens is 1. The summed E-state index contributed by atoms with van der Waals surface area (Å²) in [5.41, 5.74) is 1.52. The van der Waals surface area contributed by atoms with Gasteiger partial charge in [-0.05, 0) is 30.3 Å². The average molecular weight is 381 g/mol. The number of rotatable bonds is 7. The van der Waals surface area contributed by atoms with Crippen LogP contribution in [-0.2, 0) is 6.54 Å². The van der Waals surface area contributed by atoms with E-state index in [1.54, 1.807) is 56.7 Å².